The van der Waals surface area contributed by atoms with Gasteiger partial charge in [-0.05, 0) is 31.7 Å². The van der Waals surface area contributed by atoms with Crippen LogP contribution in [0.15, 0.2) is 23.1 Å². The zero-order valence-corrected chi connectivity index (χ0v) is 11.9. The quantitative estimate of drug-likeness (QED) is 0.767. The van der Waals surface area contributed by atoms with Crippen LogP contribution in [0.5, 0.6) is 0 Å². The van der Waals surface area contributed by atoms with Gasteiger partial charge in [-0.2, -0.15) is 0 Å². The van der Waals surface area contributed by atoms with E-state index in [1.807, 2.05) is 11.9 Å². The molecule has 0 fully saturated rings. The normalized spacial score (nSPS) is 11.5. The Bertz CT molecular complexity index is 500. The smallest absolute Gasteiger partial charge is 0.240 e. The van der Waals surface area contributed by atoms with Crippen LogP contribution in [0.4, 0.5) is 11.4 Å². The average molecular weight is 271 g/mol. The molecule has 0 aromatic heterocycles. The maximum absolute atomic E-state index is 11.6. The highest BCUT2D eigenvalue weighted by atomic mass is 32.2. The fraction of sp³-hybridized carbons (Fsp3) is 0.500. The number of unbranched alkanes of at least 4 members (excludes halogenated alkanes) is 1. The molecule has 0 saturated carbocycles. The van der Waals surface area contributed by atoms with E-state index in [1.54, 1.807) is 12.1 Å². The van der Waals surface area contributed by atoms with Crippen molar-refractivity contribution in [2.24, 2.45) is 0 Å². The van der Waals surface area contributed by atoms with Crippen LogP contribution in [0.1, 0.15) is 19.8 Å². The molecule has 1 aromatic rings. The lowest BCUT2D eigenvalue weighted by Crippen LogP contribution is -2.21. The van der Waals surface area contributed by atoms with Crippen molar-refractivity contribution in [3.63, 3.8) is 0 Å². The van der Waals surface area contributed by atoms with E-state index in [0.29, 0.717) is 5.69 Å². The Morgan fingerprint density at radius 1 is 1.39 bits per heavy atom. The van der Waals surface area contributed by atoms with Gasteiger partial charge in [0.2, 0.25) is 10.0 Å². The molecular formula is C12H21N3O2S. The van der Waals surface area contributed by atoms with E-state index in [4.69, 9.17) is 5.73 Å². The van der Waals surface area contributed by atoms with Crippen molar-refractivity contribution in [2.75, 3.05) is 31.3 Å². The summed E-state index contributed by atoms with van der Waals surface area (Å²) >= 11 is 0. The minimum Gasteiger partial charge on any atom is -0.397 e. The molecule has 0 unspecified atom stereocenters. The number of nitrogen functional groups attached to an aromatic ring is 1. The Hall–Kier alpha value is -1.27. The summed E-state index contributed by atoms with van der Waals surface area (Å²) in [5.74, 6) is 0. The number of nitrogens with two attached hydrogens (primary N) is 1. The number of benzene rings is 1. The van der Waals surface area contributed by atoms with E-state index >= 15 is 0 Å². The number of anilines is 2. The van der Waals surface area contributed by atoms with Crippen molar-refractivity contribution in [2.45, 2.75) is 24.7 Å². The van der Waals surface area contributed by atoms with E-state index in [-0.39, 0.29) is 4.90 Å². The second-order valence-electron chi connectivity index (χ2n) is 4.20. The summed E-state index contributed by atoms with van der Waals surface area (Å²) in [6.07, 6.45) is 2.18. The highest BCUT2D eigenvalue weighted by molar-refractivity contribution is 7.89. The van der Waals surface area contributed by atoms with Gasteiger partial charge in [0.25, 0.3) is 0 Å². The Morgan fingerprint density at radius 3 is 2.56 bits per heavy atom. The molecule has 0 saturated heterocycles. The van der Waals surface area contributed by atoms with Gasteiger partial charge in [-0.3, -0.25) is 0 Å². The molecule has 1 aromatic carbocycles. The summed E-state index contributed by atoms with van der Waals surface area (Å²) in [6, 6.07) is 4.80. The molecule has 0 aliphatic carbocycles. The van der Waals surface area contributed by atoms with Crippen LogP contribution in [0.3, 0.4) is 0 Å². The minimum atomic E-state index is -3.43. The summed E-state index contributed by atoms with van der Waals surface area (Å²) in [4.78, 5) is 2.23. The van der Waals surface area contributed by atoms with Gasteiger partial charge in [0.1, 0.15) is 0 Å². The number of rotatable bonds is 6. The van der Waals surface area contributed by atoms with Crippen LogP contribution in [0.25, 0.3) is 0 Å². The van der Waals surface area contributed by atoms with Crippen LogP contribution >= 0.6 is 0 Å². The highest BCUT2D eigenvalue weighted by Crippen LogP contribution is 2.25. The molecule has 1 rings (SSSR count). The maximum atomic E-state index is 11.6. The third-order valence-electron chi connectivity index (χ3n) is 2.84. The molecule has 0 amide bonds. The Labute approximate surface area is 109 Å². The Morgan fingerprint density at radius 2 is 2.06 bits per heavy atom. The monoisotopic (exact) mass is 271 g/mol. The minimum absolute atomic E-state index is 0.190. The maximum Gasteiger partial charge on any atom is 0.240 e. The summed E-state index contributed by atoms with van der Waals surface area (Å²) in [7, 11) is -0.0949. The van der Waals surface area contributed by atoms with Gasteiger partial charge < -0.3 is 10.6 Å². The lowest BCUT2D eigenvalue weighted by Gasteiger charge is -2.21. The van der Waals surface area contributed by atoms with Crippen molar-refractivity contribution in [1.82, 2.24) is 4.72 Å². The van der Waals surface area contributed by atoms with Crippen LogP contribution < -0.4 is 15.4 Å². The van der Waals surface area contributed by atoms with E-state index in [1.165, 1.54) is 13.1 Å². The van der Waals surface area contributed by atoms with Crippen molar-refractivity contribution in [3.05, 3.63) is 18.2 Å². The summed E-state index contributed by atoms with van der Waals surface area (Å²) in [5.41, 5.74) is 7.25. The predicted molar refractivity (Wildman–Crippen MR) is 75.3 cm³/mol. The average Bonchev–Trinajstić information content (AvgIpc) is 2.35. The number of hydrogen-bond donors (Lipinski definition) is 2. The molecule has 0 bridgehead atoms. The first-order valence-electron chi connectivity index (χ1n) is 5.96. The molecule has 0 spiro atoms. The molecule has 18 heavy (non-hydrogen) atoms. The zero-order chi connectivity index (χ0) is 13.8. The van der Waals surface area contributed by atoms with E-state index in [2.05, 4.69) is 11.6 Å². The first-order chi connectivity index (χ1) is 8.42. The van der Waals surface area contributed by atoms with Gasteiger partial charge in [0.15, 0.2) is 0 Å². The van der Waals surface area contributed by atoms with Crippen molar-refractivity contribution >= 4 is 21.4 Å². The molecule has 0 radical (unpaired) electrons. The van der Waals surface area contributed by atoms with Crippen molar-refractivity contribution in [3.8, 4) is 0 Å². The number of sulfonamides is 1. The van der Waals surface area contributed by atoms with Crippen molar-refractivity contribution in [1.29, 1.82) is 0 Å². The zero-order valence-electron chi connectivity index (χ0n) is 11.1. The summed E-state index contributed by atoms with van der Waals surface area (Å²) < 4.78 is 25.5. The standard InChI is InChI=1S/C12H21N3O2S/c1-4-5-8-15(3)12-7-6-10(9-11(12)13)18(16,17)14-2/h6-7,9,14H,4-5,8,13H2,1-3H3. The first-order valence-corrected chi connectivity index (χ1v) is 7.45. The van der Waals surface area contributed by atoms with Gasteiger partial charge in [0, 0.05) is 13.6 Å². The molecule has 6 heteroatoms. The van der Waals surface area contributed by atoms with Crippen LogP contribution in [0.2, 0.25) is 0 Å². The van der Waals surface area contributed by atoms with Gasteiger partial charge in [-0.25, -0.2) is 13.1 Å². The molecule has 0 aliphatic rings. The van der Waals surface area contributed by atoms with Gasteiger partial charge in [-0.1, -0.05) is 13.3 Å². The second-order valence-corrected chi connectivity index (χ2v) is 6.09. The highest BCUT2D eigenvalue weighted by Gasteiger charge is 2.14. The van der Waals surface area contributed by atoms with E-state index in [9.17, 15) is 8.42 Å². The first kappa shape index (κ1) is 14.8. The Kier molecular flexibility index (Phi) is 4.98. The second kappa shape index (κ2) is 6.06. The molecule has 0 atom stereocenters. The fourth-order valence-corrected chi connectivity index (χ4v) is 2.45. The van der Waals surface area contributed by atoms with Crippen LogP contribution in [-0.2, 0) is 10.0 Å². The molecule has 0 heterocycles. The molecule has 0 aliphatic heterocycles. The molecule has 3 N–H and O–H groups in total. The molecule has 5 nitrogen and oxygen atoms in total. The number of hydrogen-bond acceptors (Lipinski definition) is 4. The number of nitrogens with zero attached hydrogens (tertiary/aromatic N) is 1. The lowest BCUT2D eigenvalue weighted by atomic mass is 10.2. The largest absolute Gasteiger partial charge is 0.397 e. The van der Waals surface area contributed by atoms with Crippen LogP contribution in [0, 0.1) is 0 Å². The topological polar surface area (TPSA) is 75.4 Å². The van der Waals surface area contributed by atoms with E-state index in [0.717, 1.165) is 25.1 Å². The Balaban J connectivity index is 3.00. The van der Waals surface area contributed by atoms with Gasteiger partial charge >= 0.3 is 0 Å². The lowest BCUT2D eigenvalue weighted by molar-refractivity contribution is 0.588. The SMILES string of the molecule is CCCCN(C)c1ccc(S(=O)(=O)NC)cc1N. The number of nitrogens with one attached hydrogen (secondary N) is 1. The summed E-state index contributed by atoms with van der Waals surface area (Å²) in [5, 5.41) is 0. The van der Waals surface area contributed by atoms with E-state index < -0.39 is 10.0 Å². The fourth-order valence-electron chi connectivity index (χ4n) is 1.68. The van der Waals surface area contributed by atoms with Crippen molar-refractivity contribution < 1.29 is 8.42 Å². The molecular weight excluding hydrogens is 250 g/mol. The third-order valence-corrected chi connectivity index (χ3v) is 4.25. The summed E-state index contributed by atoms with van der Waals surface area (Å²) in [6.45, 7) is 3.03. The van der Waals surface area contributed by atoms with Crippen LogP contribution in [-0.4, -0.2) is 29.1 Å². The third kappa shape index (κ3) is 3.36. The molecule has 102 valence electrons. The predicted octanol–water partition coefficient (Wildman–Crippen LogP) is 1.41. The van der Waals surface area contributed by atoms with Gasteiger partial charge in [-0.15, -0.1) is 0 Å². The van der Waals surface area contributed by atoms with Gasteiger partial charge in [0.05, 0.1) is 16.3 Å².